The molecule has 3 rings (SSSR count). The zero-order valence-electron chi connectivity index (χ0n) is 19.5. The van der Waals surface area contributed by atoms with Crippen LogP contribution < -0.4 is 16.7 Å². The van der Waals surface area contributed by atoms with E-state index in [2.05, 4.69) is 10.3 Å². The summed E-state index contributed by atoms with van der Waals surface area (Å²) in [7, 11) is 0. The van der Waals surface area contributed by atoms with Crippen LogP contribution >= 0.6 is 0 Å². The molecular weight excluding hydrogens is 445 g/mol. The number of halogens is 1. The first-order valence-corrected chi connectivity index (χ1v) is 11.1. The van der Waals surface area contributed by atoms with Crippen LogP contribution in [0.3, 0.4) is 0 Å². The van der Waals surface area contributed by atoms with Gasteiger partial charge in [-0.05, 0) is 64.7 Å². The van der Waals surface area contributed by atoms with Crippen LogP contribution in [0.5, 0.6) is 0 Å². The van der Waals surface area contributed by atoms with Crippen LogP contribution in [0.25, 0.3) is 5.69 Å². The van der Waals surface area contributed by atoms with Gasteiger partial charge in [0.1, 0.15) is 17.2 Å². The fraction of sp³-hybridized carbons (Fsp3) is 0.478. The summed E-state index contributed by atoms with van der Waals surface area (Å²) >= 11 is 0. The number of carboxylic acid groups (broad SMARTS) is 1. The van der Waals surface area contributed by atoms with Crippen molar-refractivity contribution in [3.05, 3.63) is 52.3 Å². The van der Waals surface area contributed by atoms with Crippen molar-refractivity contribution in [1.82, 2.24) is 19.8 Å². The minimum atomic E-state index is -1.15. The van der Waals surface area contributed by atoms with E-state index in [4.69, 9.17) is 10.5 Å². The fourth-order valence-corrected chi connectivity index (χ4v) is 3.97. The van der Waals surface area contributed by atoms with E-state index in [0.29, 0.717) is 25.7 Å². The van der Waals surface area contributed by atoms with E-state index in [9.17, 15) is 23.9 Å². The molecule has 10 nitrogen and oxygen atoms in total. The number of hydrogen-bond acceptors (Lipinski definition) is 6. The molecule has 0 atom stereocenters. The monoisotopic (exact) mass is 475 g/mol. The fourth-order valence-electron chi connectivity index (χ4n) is 3.97. The van der Waals surface area contributed by atoms with Gasteiger partial charge in [-0.1, -0.05) is 6.07 Å². The average Bonchev–Trinajstić information content (AvgIpc) is 2.72. The van der Waals surface area contributed by atoms with E-state index in [1.165, 1.54) is 29.3 Å². The maximum Gasteiger partial charge on any atom is 0.407 e. The molecule has 0 saturated heterocycles. The Morgan fingerprint density at radius 2 is 1.94 bits per heavy atom. The van der Waals surface area contributed by atoms with Crippen LogP contribution in [-0.4, -0.2) is 49.4 Å². The Balaban J connectivity index is 1.65. The number of rotatable bonds is 5. The van der Waals surface area contributed by atoms with Gasteiger partial charge in [0.2, 0.25) is 0 Å². The van der Waals surface area contributed by atoms with Crippen molar-refractivity contribution in [3.8, 4) is 5.69 Å². The van der Waals surface area contributed by atoms with Crippen molar-refractivity contribution in [2.24, 2.45) is 0 Å². The summed E-state index contributed by atoms with van der Waals surface area (Å²) in [6.07, 6.45) is 1.98. The second-order valence-corrected chi connectivity index (χ2v) is 9.34. The molecule has 34 heavy (non-hydrogen) atoms. The van der Waals surface area contributed by atoms with E-state index in [1.807, 2.05) is 0 Å². The Morgan fingerprint density at radius 1 is 1.26 bits per heavy atom. The summed E-state index contributed by atoms with van der Waals surface area (Å²) in [4.78, 5) is 40.8. The number of hydrogen-bond donors (Lipinski definition) is 3. The molecule has 4 N–H and O–H groups in total. The molecule has 1 heterocycles. The number of nitrogens with two attached hydrogens (primary N) is 1. The van der Waals surface area contributed by atoms with Gasteiger partial charge in [-0.3, -0.25) is 4.57 Å². The molecule has 0 bridgehead atoms. The van der Waals surface area contributed by atoms with Crippen molar-refractivity contribution in [2.45, 2.75) is 70.7 Å². The van der Waals surface area contributed by atoms with Gasteiger partial charge in [0, 0.05) is 23.8 Å². The van der Waals surface area contributed by atoms with Gasteiger partial charge in [0.05, 0.1) is 12.2 Å². The van der Waals surface area contributed by atoms with E-state index in [-0.39, 0.29) is 35.7 Å². The predicted molar refractivity (Wildman–Crippen MR) is 123 cm³/mol. The molecule has 11 heteroatoms. The third-order valence-corrected chi connectivity index (χ3v) is 5.58. The van der Waals surface area contributed by atoms with Crippen LogP contribution in [0.15, 0.2) is 35.3 Å². The molecule has 1 aliphatic carbocycles. The number of benzene rings is 1. The average molecular weight is 476 g/mol. The van der Waals surface area contributed by atoms with E-state index >= 15 is 0 Å². The summed E-state index contributed by atoms with van der Waals surface area (Å²) < 4.78 is 21.3. The van der Waals surface area contributed by atoms with E-state index < -0.39 is 29.3 Å². The molecule has 1 aromatic carbocycles. The maximum absolute atomic E-state index is 14.8. The number of amides is 2. The van der Waals surface area contributed by atoms with Crippen LogP contribution in [0.1, 0.15) is 52.0 Å². The molecule has 1 saturated carbocycles. The Kier molecular flexibility index (Phi) is 7.43. The minimum Gasteiger partial charge on any atom is -0.465 e. The standard InChI is InChI=1S/C23H30FN5O5/c1-23(2,3)34-21(31)26-15-5-8-16(9-6-15)29(22(32)33)13-14-4-7-17(12-18(14)24)28-11-10-19(25)27-20(28)30/h4,7,10-12,15-16H,5-6,8-9,13H2,1-3H3,(H,26,31)(H,32,33)(H2,25,27,30). The number of carbonyl (C=O) groups excluding carboxylic acids is 1. The molecule has 0 radical (unpaired) electrons. The Bertz CT molecular complexity index is 1110. The normalized spacial score (nSPS) is 18.2. The highest BCUT2D eigenvalue weighted by molar-refractivity contribution is 5.68. The number of nitrogens with one attached hydrogen (secondary N) is 1. The van der Waals surface area contributed by atoms with Gasteiger partial charge < -0.3 is 25.8 Å². The number of anilines is 1. The molecule has 0 aliphatic heterocycles. The number of ether oxygens (including phenoxy) is 1. The Morgan fingerprint density at radius 3 is 2.50 bits per heavy atom. The number of aromatic nitrogens is 2. The minimum absolute atomic E-state index is 0.0615. The topological polar surface area (TPSA) is 140 Å². The molecule has 1 aromatic heterocycles. The summed E-state index contributed by atoms with van der Waals surface area (Å²) in [5.74, 6) is -0.570. The first-order valence-electron chi connectivity index (χ1n) is 11.1. The first-order chi connectivity index (χ1) is 15.9. The predicted octanol–water partition coefficient (Wildman–Crippen LogP) is 3.27. The second-order valence-electron chi connectivity index (χ2n) is 9.34. The van der Waals surface area contributed by atoms with Crippen LogP contribution in [-0.2, 0) is 11.3 Å². The van der Waals surface area contributed by atoms with Crippen LogP contribution in [0.4, 0.5) is 19.8 Å². The first kappa shape index (κ1) is 25.0. The number of alkyl carbamates (subject to hydrolysis) is 1. The largest absolute Gasteiger partial charge is 0.465 e. The summed E-state index contributed by atoms with van der Waals surface area (Å²) in [6.45, 7) is 5.21. The third kappa shape index (κ3) is 6.46. The lowest BCUT2D eigenvalue weighted by Crippen LogP contribution is -2.46. The quantitative estimate of drug-likeness (QED) is 0.603. The van der Waals surface area contributed by atoms with Crippen molar-refractivity contribution in [3.63, 3.8) is 0 Å². The van der Waals surface area contributed by atoms with Gasteiger partial charge in [0.25, 0.3) is 0 Å². The summed E-state index contributed by atoms with van der Waals surface area (Å²) in [5, 5.41) is 12.6. The Labute approximate surface area is 196 Å². The van der Waals surface area contributed by atoms with E-state index in [0.717, 1.165) is 10.6 Å². The summed E-state index contributed by atoms with van der Waals surface area (Å²) in [6, 6.07) is 5.16. The zero-order chi connectivity index (χ0) is 25.0. The van der Waals surface area contributed by atoms with Crippen molar-refractivity contribution in [1.29, 1.82) is 0 Å². The molecule has 0 spiro atoms. The third-order valence-electron chi connectivity index (χ3n) is 5.58. The Hall–Kier alpha value is -3.63. The highest BCUT2D eigenvalue weighted by atomic mass is 19.1. The molecular formula is C23H30FN5O5. The van der Waals surface area contributed by atoms with Gasteiger partial charge in [0.15, 0.2) is 0 Å². The summed E-state index contributed by atoms with van der Waals surface area (Å²) in [5.41, 5.74) is 4.69. The van der Waals surface area contributed by atoms with Gasteiger partial charge >= 0.3 is 17.9 Å². The van der Waals surface area contributed by atoms with E-state index in [1.54, 1.807) is 20.8 Å². The van der Waals surface area contributed by atoms with Crippen molar-refractivity contribution >= 4 is 18.0 Å². The zero-order valence-corrected chi connectivity index (χ0v) is 19.5. The van der Waals surface area contributed by atoms with Crippen molar-refractivity contribution in [2.75, 3.05) is 5.73 Å². The second kappa shape index (κ2) is 10.1. The van der Waals surface area contributed by atoms with Gasteiger partial charge in [-0.25, -0.2) is 18.8 Å². The molecule has 2 amide bonds. The van der Waals surface area contributed by atoms with Crippen molar-refractivity contribution < 1.29 is 23.8 Å². The number of carbonyl (C=O) groups is 2. The SMILES string of the molecule is CC(C)(C)OC(=O)NC1CCC(N(Cc2ccc(-n3ccc(N)nc3=O)cc2F)C(=O)O)CC1. The molecule has 1 fully saturated rings. The van der Waals surface area contributed by atoms with Crippen LogP contribution in [0, 0.1) is 5.82 Å². The maximum atomic E-state index is 14.8. The molecule has 2 aromatic rings. The highest BCUT2D eigenvalue weighted by Crippen LogP contribution is 2.26. The van der Waals surface area contributed by atoms with Crippen LogP contribution in [0.2, 0.25) is 0 Å². The number of nitrogen functional groups attached to an aromatic ring is 1. The lowest BCUT2D eigenvalue weighted by atomic mass is 9.90. The lowest BCUT2D eigenvalue weighted by molar-refractivity contribution is 0.0471. The number of nitrogens with zero attached hydrogens (tertiary/aromatic N) is 3. The molecule has 0 unspecified atom stereocenters. The van der Waals surface area contributed by atoms with Gasteiger partial charge in [-0.2, -0.15) is 4.98 Å². The molecule has 184 valence electrons. The smallest absolute Gasteiger partial charge is 0.407 e. The molecule has 1 aliphatic rings. The highest BCUT2D eigenvalue weighted by Gasteiger charge is 2.31. The lowest BCUT2D eigenvalue weighted by Gasteiger charge is -2.35. The van der Waals surface area contributed by atoms with Gasteiger partial charge in [-0.15, -0.1) is 0 Å².